The number of benzene rings is 1. The summed E-state index contributed by atoms with van der Waals surface area (Å²) in [7, 11) is 0. The van der Waals surface area contributed by atoms with Crippen LogP contribution in [-0.4, -0.2) is 37.4 Å². The second-order valence-corrected chi connectivity index (χ2v) is 6.11. The van der Waals surface area contributed by atoms with E-state index in [1.165, 1.54) is 6.42 Å². The predicted molar refractivity (Wildman–Crippen MR) is 83.5 cm³/mol. The average molecular weight is 304 g/mol. The van der Waals surface area contributed by atoms with E-state index in [4.69, 9.17) is 9.47 Å². The molecule has 0 radical (unpaired) electrons. The molecule has 1 amide bonds. The molecule has 5 nitrogen and oxygen atoms in total. The number of hydrogen-bond acceptors (Lipinski definition) is 4. The van der Waals surface area contributed by atoms with Crippen molar-refractivity contribution in [3.63, 3.8) is 0 Å². The molecule has 1 aromatic carbocycles. The smallest absolute Gasteiger partial charge is 0.407 e. The lowest BCUT2D eigenvalue weighted by atomic mass is 9.87. The van der Waals surface area contributed by atoms with Crippen LogP contribution in [0.2, 0.25) is 0 Å². The summed E-state index contributed by atoms with van der Waals surface area (Å²) in [5.74, 6) is 0. The van der Waals surface area contributed by atoms with E-state index in [-0.39, 0.29) is 12.1 Å². The molecule has 0 spiro atoms. The summed E-state index contributed by atoms with van der Waals surface area (Å²) in [5.41, 5.74) is 1.00. The van der Waals surface area contributed by atoms with Crippen LogP contribution < -0.4 is 10.6 Å². The van der Waals surface area contributed by atoms with Crippen molar-refractivity contribution >= 4 is 6.09 Å². The first-order valence-electron chi connectivity index (χ1n) is 8.12. The topological polar surface area (TPSA) is 59.6 Å². The minimum absolute atomic E-state index is 0.227. The van der Waals surface area contributed by atoms with E-state index in [0.29, 0.717) is 18.8 Å². The van der Waals surface area contributed by atoms with Gasteiger partial charge < -0.3 is 20.1 Å². The Morgan fingerprint density at radius 2 is 2.05 bits per heavy atom. The summed E-state index contributed by atoms with van der Waals surface area (Å²) in [6.07, 6.45) is 4.32. The molecule has 22 heavy (non-hydrogen) atoms. The normalized spacial score (nSPS) is 27.2. The summed E-state index contributed by atoms with van der Waals surface area (Å²) in [6, 6.07) is 10.4. The Kier molecular flexibility index (Phi) is 5.29. The van der Waals surface area contributed by atoms with Crippen LogP contribution >= 0.6 is 0 Å². The molecule has 1 heterocycles. The molecule has 120 valence electrons. The van der Waals surface area contributed by atoms with Crippen molar-refractivity contribution in [3.8, 4) is 0 Å². The average Bonchev–Trinajstić information content (AvgIpc) is 3.01. The van der Waals surface area contributed by atoms with Crippen molar-refractivity contribution < 1.29 is 14.3 Å². The maximum absolute atomic E-state index is 11.7. The molecule has 1 atom stereocenters. The highest BCUT2D eigenvalue weighted by molar-refractivity contribution is 5.67. The third kappa shape index (κ3) is 4.45. The van der Waals surface area contributed by atoms with Gasteiger partial charge in [-0.25, -0.2) is 4.79 Å². The molecule has 1 unspecified atom stereocenters. The first-order valence-corrected chi connectivity index (χ1v) is 8.12. The zero-order chi connectivity index (χ0) is 15.2. The van der Waals surface area contributed by atoms with E-state index in [0.717, 1.165) is 38.0 Å². The first-order chi connectivity index (χ1) is 10.8. The van der Waals surface area contributed by atoms with Crippen LogP contribution in [0.5, 0.6) is 0 Å². The van der Waals surface area contributed by atoms with E-state index >= 15 is 0 Å². The molecule has 0 aromatic heterocycles. The number of carbonyl (C=O) groups excluding carboxylic acids is 1. The fourth-order valence-corrected chi connectivity index (χ4v) is 2.94. The van der Waals surface area contributed by atoms with Crippen LogP contribution in [0.25, 0.3) is 0 Å². The Balaban J connectivity index is 1.26. The molecule has 2 aliphatic rings. The minimum Gasteiger partial charge on any atom is -0.445 e. The van der Waals surface area contributed by atoms with Gasteiger partial charge in [0.2, 0.25) is 0 Å². The highest BCUT2D eigenvalue weighted by Crippen LogP contribution is 2.21. The molecule has 1 aliphatic heterocycles. The summed E-state index contributed by atoms with van der Waals surface area (Å²) in [5, 5.41) is 6.42. The molecular weight excluding hydrogens is 280 g/mol. The number of nitrogens with one attached hydrogen (secondary N) is 2. The van der Waals surface area contributed by atoms with Gasteiger partial charge in [-0.3, -0.25) is 0 Å². The van der Waals surface area contributed by atoms with Gasteiger partial charge in [0.25, 0.3) is 0 Å². The second-order valence-electron chi connectivity index (χ2n) is 6.11. The summed E-state index contributed by atoms with van der Waals surface area (Å²) in [6.45, 7) is 2.14. The van der Waals surface area contributed by atoms with Gasteiger partial charge in [-0.1, -0.05) is 30.3 Å². The van der Waals surface area contributed by atoms with Gasteiger partial charge in [-0.05, 0) is 31.2 Å². The van der Waals surface area contributed by atoms with E-state index in [9.17, 15) is 4.79 Å². The Morgan fingerprint density at radius 1 is 1.23 bits per heavy atom. The maximum atomic E-state index is 11.7. The van der Waals surface area contributed by atoms with Crippen LogP contribution in [0.15, 0.2) is 30.3 Å². The molecule has 1 aliphatic carbocycles. The second kappa shape index (κ2) is 7.61. The Morgan fingerprint density at radius 3 is 2.77 bits per heavy atom. The zero-order valence-electron chi connectivity index (χ0n) is 12.8. The first kappa shape index (κ1) is 15.3. The van der Waals surface area contributed by atoms with Gasteiger partial charge in [-0.2, -0.15) is 0 Å². The summed E-state index contributed by atoms with van der Waals surface area (Å²) in [4.78, 5) is 11.7. The number of hydrogen-bond donors (Lipinski definition) is 2. The van der Waals surface area contributed by atoms with Crippen molar-refractivity contribution in [2.24, 2.45) is 0 Å². The fourth-order valence-electron chi connectivity index (χ4n) is 2.94. The van der Waals surface area contributed by atoms with Crippen molar-refractivity contribution in [2.75, 3.05) is 13.2 Å². The summed E-state index contributed by atoms with van der Waals surface area (Å²) >= 11 is 0. The zero-order valence-corrected chi connectivity index (χ0v) is 12.8. The quantitative estimate of drug-likeness (QED) is 0.846. The van der Waals surface area contributed by atoms with Gasteiger partial charge in [-0.15, -0.1) is 0 Å². The van der Waals surface area contributed by atoms with Gasteiger partial charge in [0.15, 0.2) is 0 Å². The van der Waals surface area contributed by atoms with E-state index in [1.54, 1.807) is 0 Å². The molecule has 0 bridgehead atoms. The van der Waals surface area contributed by atoms with E-state index in [1.807, 2.05) is 30.3 Å². The third-order valence-electron chi connectivity index (χ3n) is 4.33. The largest absolute Gasteiger partial charge is 0.445 e. The molecular formula is C17H24N2O3. The molecule has 3 rings (SSSR count). The van der Waals surface area contributed by atoms with E-state index in [2.05, 4.69) is 10.6 Å². The molecule has 2 fully saturated rings. The van der Waals surface area contributed by atoms with Crippen molar-refractivity contribution in [3.05, 3.63) is 35.9 Å². The van der Waals surface area contributed by atoms with Crippen LogP contribution in [0.4, 0.5) is 4.79 Å². The Bertz CT molecular complexity index is 468. The van der Waals surface area contributed by atoms with Gasteiger partial charge in [0.05, 0.1) is 6.10 Å². The maximum Gasteiger partial charge on any atom is 0.407 e. The van der Waals surface area contributed by atoms with Crippen LogP contribution in [0.1, 0.15) is 31.2 Å². The lowest BCUT2D eigenvalue weighted by Gasteiger charge is -2.36. The van der Waals surface area contributed by atoms with E-state index < -0.39 is 0 Å². The van der Waals surface area contributed by atoms with Crippen molar-refractivity contribution in [1.29, 1.82) is 0 Å². The monoisotopic (exact) mass is 304 g/mol. The summed E-state index contributed by atoms with van der Waals surface area (Å²) < 4.78 is 10.8. The third-order valence-corrected chi connectivity index (χ3v) is 4.33. The standard InChI is InChI=1S/C17H24N2O3/c20-17(22-12-13-5-2-1-3-6-13)19-15-9-14(10-15)18-11-16-7-4-8-21-16/h1-3,5-6,14-16,18H,4,7-12H2,(H,19,20). The van der Waals surface area contributed by atoms with Crippen LogP contribution in [0.3, 0.4) is 0 Å². The number of amides is 1. The molecule has 2 N–H and O–H groups in total. The van der Waals surface area contributed by atoms with Gasteiger partial charge in [0, 0.05) is 25.2 Å². The minimum atomic E-state index is -0.327. The van der Waals surface area contributed by atoms with Crippen LogP contribution in [-0.2, 0) is 16.1 Å². The molecule has 1 saturated carbocycles. The van der Waals surface area contributed by atoms with Gasteiger partial charge in [0.1, 0.15) is 6.61 Å². The Labute approximate surface area is 131 Å². The fraction of sp³-hybridized carbons (Fsp3) is 0.588. The van der Waals surface area contributed by atoms with Crippen LogP contribution in [0, 0.1) is 0 Å². The highest BCUT2D eigenvalue weighted by Gasteiger charge is 2.31. The van der Waals surface area contributed by atoms with Crippen molar-refractivity contribution in [2.45, 2.75) is 50.5 Å². The van der Waals surface area contributed by atoms with Gasteiger partial charge >= 0.3 is 6.09 Å². The SMILES string of the molecule is O=C(NC1CC(NCC2CCCO2)C1)OCc1ccccc1. The molecule has 1 aromatic rings. The highest BCUT2D eigenvalue weighted by atomic mass is 16.5. The lowest BCUT2D eigenvalue weighted by Crippen LogP contribution is -2.53. The number of ether oxygens (including phenoxy) is 2. The van der Waals surface area contributed by atoms with Crippen molar-refractivity contribution in [1.82, 2.24) is 10.6 Å². The number of rotatable bonds is 6. The molecule has 1 saturated heterocycles. The number of carbonyl (C=O) groups is 1. The molecule has 5 heteroatoms. The predicted octanol–water partition coefficient (Wildman–Crippen LogP) is 2.21. The lowest BCUT2D eigenvalue weighted by molar-refractivity contribution is 0.0977. The Hall–Kier alpha value is -1.59. The number of alkyl carbamates (subject to hydrolysis) is 1.